The number of amides is 1. The maximum Gasteiger partial charge on any atom is 0.404 e. The summed E-state index contributed by atoms with van der Waals surface area (Å²) < 4.78 is 79.4. The van der Waals surface area contributed by atoms with E-state index in [1.165, 1.54) is 17.8 Å². The molecule has 0 aliphatic heterocycles. The molecular formula is C15H13F4N5O3S. The van der Waals surface area contributed by atoms with E-state index in [1.54, 1.807) is 0 Å². The van der Waals surface area contributed by atoms with Gasteiger partial charge in [0.15, 0.2) is 11.5 Å². The van der Waals surface area contributed by atoms with E-state index in [4.69, 9.17) is 11.0 Å². The Kier molecular flexibility index (Phi) is 5.49. The van der Waals surface area contributed by atoms with Gasteiger partial charge in [0.25, 0.3) is 5.91 Å². The summed E-state index contributed by atoms with van der Waals surface area (Å²) in [6.45, 7) is 0.596. The van der Waals surface area contributed by atoms with Crippen molar-refractivity contribution in [1.29, 1.82) is 5.26 Å². The summed E-state index contributed by atoms with van der Waals surface area (Å²) in [5.41, 5.74) is 3.38. The van der Waals surface area contributed by atoms with Crippen LogP contribution >= 0.6 is 0 Å². The largest absolute Gasteiger partial charge is 0.404 e. The molecule has 3 N–H and O–H groups in total. The van der Waals surface area contributed by atoms with Crippen LogP contribution in [0.25, 0.3) is 11.3 Å². The quantitative estimate of drug-likeness (QED) is 0.708. The third-order valence-corrected chi connectivity index (χ3v) is 5.25. The minimum atomic E-state index is -4.86. The van der Waals surface area contributed by atoms with Gasteiger partial charge in [0.1, 0.15) is 22.7 Å². The van der Waals surface area contributed by atoms with Crippen LogP contribution < -0.4 is 10.5 Å². The minimum Gasteiger partial charge on any atom is -0.364 e. The monoisotopic (exact) mass is 419 g/mol. The molecule has 2 aromatic heterocycles. The molecule has 0 saturated heterocycles. The second-order valence-electron chi connectivity index (χ2n) is 5.72. The third kappa shape index (κ3) is 3.97. The molecule has 28 heavy (non-hydrogen) atoms. The first kappa shape index (κ1) is 21.3. The maximum absolute atomic E-state index is 13.6. The highest BCUT2D eigenvalue weighted by Crippen LogP contribution is 2.32. The van der Waals surface area contributed by atoms with Gasteiger partial charge < -0.3 is 10.3 Å². The normalized spacial score (nSPS) is 13.2. The van der Waals surface area contributed by atoms with Crippen molar-refractivity contribution in [2.75, 3.05) is 0 Å². The number of nitriles is 1. The standard InChI is InChI=1S/C15H13F4N5O3S/c1-7(15(17,18)19)23-28(26,27)11-6-24(2)13(14(21)25)12(11)9-4-3-8(16)10(5-20)22-9/h3-4,6-7,23H,1-2H3,(H2,21,25)/t7-/m1/s1. The number of hydrogen-bond donors (Lipinski definition) is 2. The van der Waals surface area contributed by atoms with Gasteiger partial charge in [-0.15, -0.1) is 0 Å². The molecule has 150 valence electrons. The zero-order valence-electron chi connectivity index (χ0n) is 14.4. The first-order chi connectivity index (χ1) is 12.8. The van der Waals surface area contributed by atoms with Crippen LogP contribution in [0.1, 0.15) is 23.1 Å². The van der Waals surface area contributed by atoms with Crippen LogP contribution in [-0.4, -0.2) is 36.1 Å². The van der Waals surface area contributed by atoms with E-state index in [0.717, 1.165) is 22.9 Å². The van der Waals surface area contributed by atoms with Gasteiger partial charge in [-0.1, -0.05) is 0 Å². The number of aromatic nitrogens is 2. The van der Waals surface area contributed by atoms with Gasteiger partial charge in [0.2, 0.25) is 10.0 Å². The van der Waals surface area contributed by atoms with Crippen molar-refractivity contribution in [2.45, 2.75) is 24.0 Å². The number of carbonyl (C=O) groups excluding carboxylic acids is 1. The summed E-state index contributed by atoms with van der Waals surface area (Å²) >= 11 is 0. The van der Waals surface area contributed by atoms with E-state index >= 15 is 0 Å². The van der Waals surface area contributed by atoms with Gasteiger partial charge in [-0.25, -0.2) is 17.8 Å². The summed E-state index contributed by atoms with van der Waals surface area (Å²) in [4.78, 5) is 14.7. The van der Waals surface area contributed by atoms with Crippen molar-refractivity contribution in [2.24, 2.45) is 12.8 Å². The van der Waals surface area contributed by atoms with Gasteiger partial charge in [0, 0.05) is 13.2 Å². The number of nitrogens with zero attached hydrogens (tertiary/aromatic N) is 3. The Hall–Kier alpha value is -2.98. The average molecular weight is 419 g/mol. The second-order valence-corrected chi connectivity index (χ2v) is 7.40. The van der Waals surface area contributed by atoms with Gasteiger partial charge in [-0.05, 0) is 19.1 Å². The SMILES string of the molecule is C[C@@H](NS(=O)(=O)c1cn(C)c(C(N)=O)c1-c1ccc(F)c(C#N)n1)C(F)(F)F. The first-order valence-corrected chi connectivity index (χ1v) is 8.93. The highest BCUT2D eigenvalue weighted by atomic mass is 32.2. The second kappa shape index (κ2) is 7.21. The molecule has 0 fully saturated rings. The van der Waals surface area contributed by atoms with Crippen molar-refractivity contribution in [3.63, 3.8) is 0 Å². The van der Waals surface area contributed by atoms with E-state index in [0.29, 0.717) is 6.92 Å². The van der Waals surface area contributed by atoms with E-state index in [1.807, 2.05) is 0 Å². The van der Waals surface area contributed by atoms with Gasteiger partial charge in [-0.2, -0.15) is 23.2 Å². The average Bonchev–Trinajstić information content (AvgIpc) is 2.92. The van der Waals surface area contributed by atoms with Crippen LogP contribution in [0, 0.1) is 17.1 Å². The predicted octanol–water partition coefficient (Wildman–Crippen LogP) is 1.43. The lowest BCUT2D eigenvalue weighted by Crippen LogP contribution is -2.43. The van der Waals surface area contributed by atoms with Crippen molar-refractivity contribution in [1.82, 2.24) is 14.3 Å². The topological polar surface area (TPSA) is 131 Å². The Labute approximate surface area is 156 Å². The summed E-state index contributed by atoms with van der Waals surface area (Å²) in [6.07, 6.45) is -3.99. The van der Waals surface area contributed by atoms with Crippen molar-refractivity contribution >= 4 is 15.9 Å². The molecule has 0 aliphatic rings. The van der Waals surface area contributed by atoms with Crippen molar-refractivity contribution in [3.8, 4) is 17.3 Å². The summed E-state index contributed by atoms with van der Waals surface area (Å²) in [7, 11) is -3.56. The molecule has 0 aliphatic carbocycles. The van der Waals surface area contributed by atoms with Crippen LogP contribution in [-0.2, 0) is 17.1 Å². The van der Waals surface area contributed by atoms with Crippen LogP contribution in [0.2, 0.25) is 0 Å². The molecule has 0 spiro atoms. The number of pyridine rings is 1. The fourth-order valence-corrected chi connectivity index (χ4v) is 3.86. The number of alkyl halides is 3. The van der Waals surface area contributed by atoms with E-state index < -0.39 is 55.8 Å². The molecule has 1 amide bonds. The number of nitrogens with two attached hydrogens (primary N) is 1. The fourth-order valence-electron chi connectivity index (χ4n) is 2.37. The third-order valence-electron chi connectivity index (χ3n) is 3.70. The number of rotatable bonds is 5. The Morgan fingerprint density at radius 2 is 2.00 bits per heavy atom. The molecule has 13 heteroatoms. The van der Waals surface area contributed by atoms with Gasteiger partial charge in [0.05, 0.1) is 11.3 Å². The van der Waals surface area contributed by atoms with E-state index in [-0.39, 0.29) is 5.69 Å². The number of aryl methyl sites for hydroxylation is 1. The zero-order valence-corrected chi connectivity index (χ0v) is 15.2. The fraction of sp³-hybridized carbons (Fsp3) is 0.267. The number of hydrogen-bond acceptors (Lipinski definition) is 5. The lowest BCUT2D eigenvalue weighted by Gasteiger charge is -2.17. The van der Waals surface area contributed by atoms with Crippen LogP contribution in [0.4, 0.5) is 17.6 Å². The first-order valence-electron chi connectivity index (χ1n) is 7.44. The van der Waals surface area contributed by atoms with E-state index in [2.05, 4.69) is 4.98 Å². The minimum absolute atomic E-state index is 0.326. The van der Waals surface area contributed by atoms with Crippen LogP contribution in [0.3, 0.4) is 0 Å². The maximum atomic E-state index is 13.6. The Balaban J connectivity index is 2.76. The molecule has 0 bridgehead atoms. The molecule has 0 unspecified atom stereocenters. The highest BCUT2D eigenvalue weighted by molar-refractivity contribution is 7.89. The number of sulfonamides is 1. The molecule has 0 saturated carbocycles. The van der Waals surface area contributed by atoms with Crippen molar-refractivity contribution in [3.05, 3.63) is 35.5 Å². The number of nitrogens with one attached hydrogen (secondary N) is 1. The predicted molar refractivity (Wildman–Crippen MR) is 87.7 cm³/mol. The highest BCUT2D eigenvalue weighted by Gasteiger charge is 2.40. The zero-order chi connectivity index (χ0) is 21.4. The lowest BCUT2D eigenvalue weighted by molar-refractivity contribution is -0.147. The molecule has 0 radical (unpaired) electrons. The lowest BCUT2D eigenvalue weighted by atomic mass is 10.1. The Morgan fingerprint density at radius 3 is 2.50 bits per heavy atom. The molecule has 2 heterocycles. The molecule has 2 aromatic rings. The summed E-state index contributed by atoms with van der Waals surface area (Å²) in [6, 6.07) is 0.799. The molecule has 0 aromatic carbocycles. The van der Waals surface area contributed by atoms with Gasteiger partial charge in [-0.3, -0.25) is 4.79 Å². The molecule has 8 nitrogen and oxygen atoms in total. The number of primary amides is 1. The van der Waals surface area contributed by atoms with Gasteiger partial charge >= 0.3 is 6.18 Å². The van der Waals surface area contributed by atoms with Crippen molar-refractivity contribution < 1.29 is 30.8 Å². The van der Waals surface area contributed by atoms with Crippen LogP contribution in [0.5, 0.6) is 0 Å². The molecular weight excluding hydrogens is 406 g/mol. The Morgan fingerprint density at radius 1 is 1.39 bits per heavy atom. The smallest absolute Gasteiger partial charge is 0.364 e. The van der Waals surface area contributed by atoms with E-state index in [9.17, 15) is 30.8 Å². The summed E-state index contributed by atoms with van der Waals surface area (Å²) in [5, 5.41) is 8.91. The number of carbonyl (C=O) groups is 1. The summed E-state index contributed by atoms with van der Waals surface area (Å²) in [5.74, 6) is -2.11. The molecule has 1 atom stereocenters. The Bertz CT molecular complexity index is 1090. The van der Waals surface area contributed by atoms with Crippen LogP contribution in [0.15, 0.2) is 23.2 Å². The molecule has 2 rings (SSSR count). The number of halogens is 4.